The Bertz CT molecular complexity index is 601. The molecule has 19 heavy (non-hydrogen) atoms. The quantitative estimate of drug-likeness (QED) is 0.939. The highest BCUT2D eigenvalue weighted by Gasteiger charge is 2.08. The van der Waals surface area contributed by atoms with Gasteiger partial charge in [-0.2, -0.15) is 0 Å². The third-order valence-corrected chi connectivity index (χ3v) is 2.76. The monoisotopic (exact) mass is 279 g/mol. The van der Waals surface area contributed by atoms with Crippen molar-refractivity contribution in [1.29, 1.82) is 0 Å². The van der Waals surface area contributed by atoms with Crippen molar-refractivity contribution in [3.8, 4) is 0 Å². The molecule has 0 spiro atoms. The zero-order valence-electron chi connectivity index (χ0n) is 10.2. The Morgan fingerprint density at radius 1 is 1.32 bits per heavy atom. The van der Waals surface area contributed by atoms with Crippen LogP contribution in [0.25, 0.3) is 0 Å². The molecule has 4 nitrogen and oxygen atoms in total. The van der Waals surface area contributed by atoms with Gasteiger partial charge >= 0.3 is 0 Å². The van der Waals surface area contributed by atoms with Gasteiger partial charge in [-0.1, -0.05) is 23.7 Å². The van der Waals surface area contributed by atoms with E-state index in [9.17, 15) is 9.18 Å². The highest BCUT2D eigenvalue weighted by molar-refractivity contribution is 6.29. The van der Waals surface area contributed by atoms with E-state index in [0.29, 0.717) is 11.1 Å². The average molecular weight is 280 g/mol. The molecule has 1 N–H and O–H groups in total. The molecule has 0 unspecified atom stereocenters. The third kappa shape index (κ3) is 3.48. The summed E-state index contributed by atoms with van der Waals surface area (Å²) in [5, 5.41) is 10.1. The van der Waals surface area contributed by atoms with Crippen LogP contribution in [0, 0.1) is 12.7 Å². The van der Waals surface area contributed by atoms with Crippen LogP contribution >= 0.6 is 11.6 Å². The van der Waals surface area contributed by atoms with Crippen LogP contribution in [-0.4, -0.2) is 16.1 Å². The van der Waals surface area contributed by atoms with Gasteiger partial charge in [-0.05, 0) is 36.2 Å². The molecule has 0 bridgehead atoms. The van der Waals surface area contributed by atoms with Gasteiger partial charge in [0.15, 0.2) is 10.8 Å². The lowest BCUT2D eigenvalue weighted by Gasteiger charge is -2.05. The second kappa shape index (κ2) is 5.75. The van der Waals surface area contributed by atoms with Crippen molar-refractivity contribution < 1.29 is 9.18 Å². The van der Waals surface area contributed by atoms with Gasteiger partial charge in [-0.25, -0.2) is 4.39 Å². The van der Waals surface area contributed by atoms with Gasteiger partial charge < -0.3 is 5.32 Å². The first-order chi connectivity index (χ1) is 9.06. The standard InChI is InChI=1S/C13H11ClFN3O/c1-8-2-3-9(6-10(8)15)7-16-13(19)11-4-5-12(14)18-17-11/h2-6H,7H2,1H3,(H,16,19). The first-order valence-corrected chi connectivity index (χ1v) is 5.96. The lowest BCUT2D eigenvalue weighted by atomic mass is 10.1. The number of hydrogen-bond acceptors (Lipinski definition) is 3. The second-order valence-corrected chi connectivity index (χ2v) is 4.39. The molecule has 0 saturated heterocycles. The molecule has 0 fully saturated rings. The van der Waals surface area contributed by atoms with Gasteiger partial charge in [0.1, 0.15) is 5.82 Å². The van der Waals surface area contributed by atoms with E-state index in [0.717, 1.165) is 0 Å². The number of aromatic nitrogens is 2. The molecule has 2 rings (SSSR count). The van der Waals surface area contributed by atoms with E-state index in [1.54, 1.807) is 19.1 Å². The summed E-state index contributed by atoms with van der Waals surface area (Å²) in [5.74, 6) is -0.678. The van der Waals surface area contributed by atoms with Gasteiger partial charge in [0.2, 0.25) is 0 Å². The van der Waals surface area contributed by atoms with Gasteiger partial charge in [-0.3, -0.25) is 4.79 Å². The zero-order valence-corrected chi connectivity index (χ0v) is 10.9. The maximum atomic E-state index is 13.3. The minimum atomic E-state index is -0.384. The molecule has 6 heteroatoms. The fourth-order valence-corrected chi connectivity index (χ4v) is 1.56. The molecule has 0 saturated carbocycles. The maximum Gasteiger partial charge on any atom is 0.272 e. The largest absolute Gasteiger partial charge is 0.347 e. The molecule has 0 aliphatic rings. The molecule has 1 aromatic carbocycles. The third-order valence-electron chi connectivity index (χ3n) is 2.55. The molecule has 1 amide bonds. The molecule has 98 valence electrons. The first kappa shape index (κ1) is 13.4. The van der Waals surface area contributed by atoms with Gasteiger partial charge in [-0.15, -0.1) is 10.2 Å². The van der Waals surface area contributed by atoms with E-state index in [4.69, 9.17) is 11.6 Å². The van der Waals surface area contributed by atoms with Crippen molar-refractivity contribution in [2.24, 2.45) is 0 Å². The summed E-state index contributed by atoms with van der Waals surface area (Å²) in [5.41, 5.74) is 1.41. The van der Waals surface area contributed by atoms with Crippen LogP contribution in [0.3, 0.4) is 0 Å². The van der Waals surface area contributed by atoms with Crippen molar-refractivity contribution in [3.05, 3.63) is 58.1 Å². The van der Waals surface area contributed by atoms with E-state index in [1.807, 2.05) is 0 Å². The number of aryl methyl sites for hydroxylation is 1. The summed E-state index contributed by atoms with van der Waals surface area (Å²) in [4.78, 5) is 11.7. The van der Waals surface area contributed by atoms with Crippen molar-refractivity contribution in [2.75, 3.05) is 0 Å². The molecule has 0 aliphatic heterocycles. The van der Waals surface area contributed by atoms with Gasteiger partial charge in [0, 0.05) is 6.54 Å². The molecular weight excluding hydrogens is 269 g/mol. The normalized spacial score (nSPS) is 10.3. The number of halogens is 2. The molecule has 0 aliphatic carbocycles. The SMILES string of the molecule is Cc1ccc(CNC(=O)c2ccc(Cl)nn2)cc1F. The minimum absolute atomic E-state index is 0.164. The molecule has 1 heterocycles. The highest BCUT2D eigenvalue weighted by Crippen LogP contribution is 2.09. The second-order valence-electron chi connectivity index (χ2n) is 4.01. The van der Waals surface area contributed by atoms with Crippen molar-refractivity contribution >= 4 is 17.5 Å². The van der Waals surface area contributed by atoms with Crippen LogP contribution in [0.15, 0.2) is 30.3 Å². The van der Waals surface area contributed by atoms with Crippen molar-refractivity contribution in [3.63, 3.8) is 0 Å². The predicted octanol–water partition coefficient (Wildman–Crippen LogP) is 2.51. The zero-order chi connectivity index (χ0) is 13.8. The average Bonchev–Trinajstić information content (AvgIpc) is 2.40. The molecule has 1 aromatic heterocycles. The molecular formula is C13H11ClFN3O. The van der Waals surface area contributed by atoms with E-state index in [1.165, 1.54) is 18.2 Å². The lowest BCUT2D eigenvalue weighted by Crippen LogP contribution is -2.24. The summed E-state index contributed by atoms with van der Waals surface area (Å²) in [6.07, 6.45) is 0. The van der Waals surface area contributed by atoms with Crippen LogP contribution in [-0.2, 0) is 6.54 Å². The van der Waals surface area contributed by atoms with E-state index in [-0.39, 0.29) is 29.1 Å². The van der Waals surface area contributed by atoms with Crippen LogP contribution in [0.2, 0.25) is 5.15 Å². The van der Waals surface area contributed by atoms with Crippen LogP contribution in [0.4, 0.5) is 4.39 Å². The van der Waals surface area contributed by atoms with E-state index in [2.05, 4.69) is 15.5 Å². The number of carbonyl (C=O) groups excluding carboxylic acids is 1. The Morgan fingerprint density at radius 3 is 2.74 bits per heavy atom. The highest BCUT2D eigenvalue weighted by atomic mass is 35.5. The Morgan fingerprint density at radius 2 is 2.11 bits per heavy atom. The van der Waals surface area contributed by atoms with Crippen molar-refractivity contribution in [2.45, 2.75) is 13.5 Å². The van der Waals surface area contributed by atoms with Crippen LogP contribution in [0.5, 0.6) is 0 Å². The lowest BCUT2D eigenvalue weighted by molar-refractivity contribution is 0.0945. The van der Waals surface area contributed by atoms with Gasteiger partial charge in [0.25, 0.3) is 5.91 Å². The van der Waals surface area contributed by atoms with Crippen LogP contribution < -0.4 is 5.32 Å². The first-order valence-electron chi connectivity index (χ1n) is 5.59. The Balaban J connectivity index is 2.00. The number of nitrogens with zero attached hydrogens (tertiary/aromatic N) is 2. The molecule has 2 aromatic rings. The Kier molecular flexibility index (Phi) is 4.06. The summed E-state index contributed by atoms with van der Waals surface area (Å²) >= 11 is 5.57. The smallest absolute Gasteiger partial charge is 0.272 e. The minimum Gasteiger partial charge on any atom is -0.347 e. The van der Waals surface area contributed by atoms with E-state index >= 15 is 0 Å². The predicted molar refractivity (Wildman–Crippen MR) is 69.3 cm³/mol. The number of benzene rings is 1. The molecule has 0 radical (unpaired) electrons. The summed E-state index contributed by atoms with van der Waals surface area (Å²) in [6, 6.07) is 7.77. The summed E-state index contributed by atoms with van der Waals surface area (Å²) in [7, 11) is 0. The van der Waals surface area contributed by atoms with E-state index < -0.39 is 0 Å². The van der Waals surface area contributed by atoms with Crippen LogP contribution in [0.1, 0.15) is 21.6 Å². The number of nitrogens with one attached hydrogen (secondary N) is 1. The molecule has 0 atom stereocenters. The summed E-state index contributed by atoms with van der Waals surface area (Å²) < 4.78 is 13.3. The van der Waals surface area contributed by atoms with Gasteiger partial charge in [0.05, 0.1) is 0 Å². The number of amides is 1. The number of carbonyl (C=O) groups is 1. The number of rotatable bonds is 3. The number of hydrogen-bond donors (Lipinski definition) is 1. The Labute approximate surface area is 114 Å². The topological polar surface area (TPSA) is 54.9 Å². The fourth-order valence-electron chi connectivity index (χ4n) is 1.46. The maximum absolute atomic E-state index is 13.3. The Hall–Kier alpha value is -2.01. The van der Waals surface area contributed by atoms with Crippen molar-refractivity contribution in [1.82, 2.24) is 15.5 Å². The summed E-state index contributed by atoms with van der Waals surface area (Å²) in [6.45, 7) is 1.90. The fraction of sp³-hybridized carbons (Fsp3) is 0.154.